The first-order valence-electron chi connectivity index (χ1n) is 8.57. The maximum atomic E-state index is 12.8. The summed E-state index contributed by atoms with van der Waals surface area (Å²) in [5.74, 6) is 0.306. The van der Waals surface area contributed by atoms with Gasteiger partial charge < -0.3 is 4.90 Å². The summed E-state index contributed by atoms with van der Waals surface area (Å²) < 4.78 is 26.8. The van der Waals surface area contributed by atoms with Gasteiger partial charge in [-0.25, -0.2) is 8.42 Å². The molecule has 140 valence electrons. The van der Waals surface area contributed by atoms with Crippen molar-refractivity contribution in [3.8, 4) is 0 Å². The Morgan fingerprint density at radius 3 is 2.50 bits per heavy atom. The van der Waals surface area contributed by atoms with Crippen molar-refractivity contribution in [1.82, 2.24) is 9.21 Å². The highest BCUT2D eigenvalue weighted by Crippen LogP contribution is 2.27. The van der Waals surface area contributed by atoms with Crippen LogP contribution in [0, 0.1) is 16.0 Å². The van der Waals surface area contributed by atoms with E-state index in [-0.39, 0.29) is 29.8 Å². The van der Waals surface area contributed by atoms with E-state index in [0.29, 0.717) is 19.5 Å². The number of benzene rings is 1. The second-order valence-corrected chi connectivity index (χ2v) is 8.39. The SMILES string of the molecule is O=C(C[C@@H]1C=CCC1)N1CCN(S(=O)(=O)c2ccccc2[N+](=O)[O-])CC1. The Hall–Kier alpha value is -2.26. The van der Waals surface area contributed by atoms with Gasteiger partial charge in [0.25, 0.3) is 5.69 Å². The summed E-state index contributed by atoms with van der Waals surface area (Å²) in [6.07, 6.45) is 6.58. The molecule has 1 fully saturated rings. The molecule has 0 N–H and O–H groups in total. The monoisotopic (exact) mass is 379 g/mol. The first-order valence-corrected chi connectivity index (χ1v) is 10.0. The number of sulfonamides is 1. The van der Waals surface area contributed by atoms with Gasteiger partial charge in [0, 0.05) is 38.7 Å². The molecular weight excluding hydrogens is 358 g/mol. The summed E-state index contributed by atoms with van der Waals surface area (Å²) in [5, 5.41) is 11.1. The molecule has 1 aliphatic heterocycles. The van der Waals surface area contributed by atoms with Crippen LogP contribution in [0.3, 0.4) is 0 Å². The molecule has 1 saturated heterocycles. The molecule has 1 atom stereocenters. The summed E-state index contributed by atoms with van der Waals surface area (Å²) >= 11 is 0. The smallest absolute Gasteiger partial charge is 0.289 e. The zero-order chi connectivity index (χ0) is 18.7. The molecule has 2 aliphatic rings. The highest BCUT2D eigenvalue weighted by molar-refractivity contribution is 7.89. The summed E-state index contributed by atoms with van der Waals surface area (Å²) in [4.78, 5) is 24.2. The lowest BCUT2D eigenvalue weighted by molar-refractivity contribution is -0.387. The minimum atomic E-state index is -3.97. The highest BCUT2D eigenvalue weighted by atomic mass is 32.2. The molecule has 1 aromatic rings. The van der Waals surface area contributed by atoms with Crippen LogP contribution in [0.4, 0.5) is 5.69 Å². The molecule has 0 radical (unpaired) electrons. The normalized spacial score (nSPS) is 21.1. The van der Waals surface area contributed by atoms with Crippen molar-refractivity contribution in [2.24, 2.45) is 5.92 Å². The number of para-hydroxylation sites is 1. The minimum Gasteiger partial charge on any atom is -0.340 e. The molecule has 0 unspecified atom stereocenters. The third kappa shape index (κ3) is 3.78. The Bertz CT molecular complexity index is 829. The van der Waals surface area contributed by atoms with E-state index in [1.807, 2.05) is 0 Å². The quantitative estimate of drug-likeness (QED) is 0.441. The standard InChI is InChI=1S/C17H21N3O5S/c21-17(13-14-5-1-2-6-14)18-9-11-19(12-10-18)26(24,25)16-8-4-3-7-15(16)20(22)23/h1,3-5,7-8,14H,2,6,9-13H2/t14-/m1/s1. The van der Waals surface area contributed by atoms with E-state index in [4.69, 9.17) is 0 Å². The van der Waals surface area contributed by atoms with E-state index in [9.17, 15) is 23.3 Å². The number of nitrogens with zero attached hydrogens (tertiary/aromatic N) is 3. The average molecular weight is 379 g/mol. The molecule has 0 bridgehead atoms. The van der Waals surface area contributed by atoms with Crippen molar-refractivity contribution in [2.45, 2.75) is 24.2 Å². The maximum absolute atomic E-state index is 12.8. The van der Waals surface area contributed by atoms with E-state index < -0.39 is 20.6 Å². The lowest BCUT2D eigenvalue weighted by Gasteiger charge is -2.34. The molecule has 0 aromatic heterocycles. The van der Waals surface area contributed by atoms with E-state index >= 15 is 0 Å². The molecule has 1 amide bonds. The lowest BCUT2D eigenvalue weighted by atomic mass is 10.0. The third-order valence-corrected chi connectivity index (χ3v) is 6.77. The number of nitro groups is 1. The van der Waals surface area contributed by atoms with E-state index in [1.165, 1.54) is 28.6 Å². The van der Waals surface area contributed by atoms with Crippen molar-refractivity contribution in [3.05, 3.63) is 46.5 Å². The average Bonchev–Trinajstić information content (AvgIpc) is 3.14. The Balaban J connectivity index is 1.66. The number of carbonyl (C=O) groups excluding carboxylic acids is 1. The third-order valence-electron chi connectivity index (χ3n) is 4.82. The van der Waals surface area contributed by atoms with Crippen molar-refractivity contribution in [2.75, 3.05) is 26.2 Å². The predicted molar refractivity (Wildman–Crippen MR) is 94.9 cm³/mol. The Kier molecular flexibility index (Phi) is 5.38. The van der Waals surface area contributed by atoms with E-state index in [1.54, 1.807) is 4.90 Å². The van der Waals surface area contributed by atoms with Crippen LogP contribution < -0.4 is 0 Å². The topological polar surface area (TPSA) is 101 Å². The largest absolute Gasteiger partial charge is 0.340 e. The summed E-state index contributed by atoms with van der Waals surface area (Å²) in [6, 6.07) is 5.33. The predicted octanol–water partition coefficient (Wildman–Crippen LogP) is 1.78. The minimum absolute atomic E-state index is 0.0317. The van der Waals surface area contributed by atoms with E-state index in [2.05, 4.69) is 12.2 Å². The highest BCUT2D eigenvalue weighted by Gasteiger charge is 2.34. The fourth-order valence-corrected chi connectivity index (χ4v) is 4.94. The van der Waals surface area contributed by atoms with Gasteiger partial charge in [0.2, 0.25) is 15.9 Å². The molecule has 9 heteroatoms. The Labute approximate surface area is 152 Å². The van der Waals surface area contributed by atoms with Gasteiger partial charge in [-0.1, -0.05) is 24.3 Å². The number of nitro benzene ring substituents is 1. The Morgan fingerprint density at radius 1 is 1.19 bits per heavy atom. The number of allylic oxidation sites excluding steroid dienone is 2. The molecular formula is C17H21N3O5S. The zero-order valence-corrected chi connectivity index (χ0v) is 15.1. The Morgan fingerprint density at radius 2 is 1.88 bits per heavy atom. The van der Waals surface area contributed by atoms with Crippen LogP contribution >= 0.6 is 0 Å². The number of piperazine rings is 1. The van der Waals surface area contributed by atoms with Gasteiger partial charge in [0.15, 0.2) is 4.90 Å². The van der Waals surface area contributed by atoms with Crippen molar-refractivity contribution >= 4 is 21.6 Å². The number of amides is 1. The molecule has 3 rings (SSSR count). The second-order valence-electron chi connectivity index (χ2n) is 6.48. The van der Waals surface area contributed by atoms with E-state index in [0.717, 1.165) is 12.8 Å². The molecule has 0 spiro atoms. The molecule has 1 aromatic carbocycles. The van der Waals surface area contributed by atoms with Gasteiger partial charge in [-0.05, 0) is 24.8 Å². The van der Waals surface area contributed by atoms with Gasteiger partial charge in [0.1, 0.15) is 0 Å². The van der Waals surface area contributed by atoms with Crippen LogP contribution in [-0.4, -0.2) is 54.6 Å². The van der Waals surface area contributed by atoms with Gasteiger partial charge in [0.05, 0.1) is 4.92 Å². The van der Waals surface area contributed by atoms with Crippen LogP contribution in [0.15, 0.2) is 41.3 Å². The first kappa shape index (κ1) is 18.5. The van der Waals surface area contributed by atoms with Crippen molar-refractivity contribution in [1.29, 1.82) is 0 Å². The number of carbonyl (C=O) groups is 1. The first-order chi connectivity index (χ1) is 12.4. The summed E-state index contributed by atoms with van der Waals surface area (Å²) in [7, 11) is -3.97. The summed E-state index contributed by atoms with van der Waals surface area (Å²) in [6.45, 7) is 0.880. The molecule has 0 saturated carbocycles. The number of rotatable bonds is 5. The molecule has 1 aliphatic carbocycles. The van der Waals surface area contributed by atoms with Gasteiger partial charge in [-0.15, -0.1) is 0 Å². The van der Waals surface area contributed by atoms with Crippen LogP contribution in [-0.2, 0) is 14.8 Å². The van der Waals surface area contributed by atoms with Crippen LogP contribution in [0.5, 0.6) is 0 Å². The zero-order valence-electron chi connectivity index (χ0n) is 14.3. The molecule has 8 nitrogen and oxygen atoms in total. The van der Waals surface area contributed by atoms with Gasteiger partial charge in [-0.3, -0.25) is 14.9 Å². The molecule has 1 heterocycles. The van der Waals surface area contributed by atoms with Crippen molar-refractivity contribution in [3.63, 3.8) is 0 Å². The fourth-order valence-electron chi connectivity index (χ4n) is 3.36. The van der Waals surface area contributed by atoms with Crippen LogP contribution in [0.2, 0.25) is 0 Å². The summed E-state index contributed by atoms with van der Waals surface area (Å²) in [5.41, 5.74) is -0.431. The number of hydrogen-bond donors (Lipinski definition) is 0. The maximum Gasteiger partial charge on any atom is 0.289 e. The van der Waals surface area contributed by atoms with Crippen LogP contribution in [0.1, 0.15) is 19.3 Å². The molecule has 26 heavy (non-hydrogen) atoms. The fraction of sp³-hybridized carbons (Fsp3) is 0.471. The second kappa shape index (κ2) is 7.55. The number of hydrogen-bond acceptors (Lipinski definition) is 5. The lowest BCUT2D eigenvalue weighted by Crippen LogP contribution is -2.50. The van der Waals surface area contributed by atoms with Gasteiger partial charge >= 0.3 is 0 Å². The van der Waals surface area contributed by atoms with Gasteiger partial charge in [-0.2, -0.15) is 4.31 Å². The van der Waals surface area contributed by atoms with Crippen LogP contribution in [0.25, 0.3) is 0 Å². The van der Waals surface area contributed by atoms with Crippen molar-refractivity contribution < 1.29 is 18.1 Å².